The van der Waals surface area contributed by atoms with Crippen LogP contribution >= 0.6 is 0 Å². The maximum atomic E-state index is 12.0. The van der Waals surface area contributed by atoms with E-state index in [1.165, 1.54) is 0 Å². The number of hydrogen-bond donors (Lipinski definition) is 3. The Labute approximate surface area is 132 Å². The van der Waals surface area contributed by atoms with E-state index in [9.17, 15) is 9.90 Å². The fourth-order valence-corrected chi connectivity index (χ4v) is 2.76. The zero-order valence-electron chi connectivity index (χ0n) is 13.6. The highest BCUT2D eigenvalue weighted by Gasteiger charge is 2.16. The van der Waals surface area contributed by atoms with Crippen molar-refractivity contribution in [1.29, 1.82) is 0 Å². The van der Waals surface area contributed by atoms with E-state index >= 15 is 0 Å². The minimum absolute atomic E-state index is 0.111. The van der Waals surface area contributed by atoms with E-state index in [0.29, 0.717) is 18.2 Å². The molecule has 1 aromatic heterocycles. The van der Waals surface area contributed by atoms with E-state index in [4.69, 9.17) is 0 Å². The Bertz CT molecular complexity index is 464. The van der Waals surface area contributed by atoms with Gasteiger partial charge in [0.15, 0.2) is 0 Å². The number of likely N-dealkylation sites (tertiary alicyclic amines) is 1. The minimum atomic E-state index is -0.129. The summed E-state index contributed by atoms with van der Waals surface area (Å²) >= 11 is 0. The maximum Gasteiger partial charge on any atom is 0.271 e. The third-order valence-corrected chi connectivity index (χ3v) is 3.99. The van der Waals surface area contributed by atoms with Crippen molar-refractivity contribution < 1.29 is 9.90 Å². The standard InChI is InChI=1S/C16H28N4O2/c1-12(2)10-13-11-15(19-18-13)16(22)17-6-3-7-20-8-4-14(21)5-9-20/h11-12,14,21H,3-10H2,1-2H3,(H,17,22)(H,18,19). The summed E-state index contributed by atoms with van der Waals surface area (Å²) < 4.78 is 0. The lowest BCUT2D eigenvalue weighted by Gasteiger charge is -2.29. The van der Waals surface area contributed by atoms with Gasteiger partial charge in [0.2, 0.25) is 0 Å². The van der Waals surface area contributed by atoms with Gasteiger partial charge in [0.05, 0.1) is 6.10 Å². The molecule has 0 atom stereocenters. The molecule has 0 spiro atoms. The van der Waals surface area contributed by atoms with Gasteiger partial charge < -0.3 is 15.3 Å². The number of carbonyl (C=O) groups excluding carboxylic acids is 1. The summed E-state index contributed by atoms with van der Waals surface area (Å²) in [5.41, 5.74) is 1.48. The predicted octanol–water partition coefficient (Wildman–Crippen LogP) is 1.18. The van der Waals surface area contributed by atoms with Gasteiger partial charge in [-0.05, 0) is 44.2 Å². The second kappa shape index (κ2) is 8.29. The third kappa shape index (κ3) is 5.42. The SMILES string of the molecule is CC(C)Cc1cc(C(=O)NCCCN2CCC(O)CC2)n[nH]1. The molecule has 6 nitrogen and oxygen atoms in total. The Kier molecular flexibility index (Phi) is 6.39. The first-order chi connectivity index (χ1) is 10.5. The molecule has 0 aromatic carbocycles. The number of aliphatic hydroxyl groups is 1. The Hall–Kier alpha value is -1.40. The molecule has 0 unspecified atom stereocenters. The number of hydrogen-bond acceptors (Lipinski definition) is 4. The molecule has 2 heterocycles. The molecular formula is C16H28N4O2. The van der Waals surface area contributed by atoms with Crippen LogP contribution in [0.15, 0.2) is 6.07 Å². The first-order valence-electron chi connectivity index (χ1n) is 8.27. The van der Waals surface area contributed by atoms with E-state index in [-0.39, 0.29) is 12.0 Å². The van der Waals surface area contributed by atoms with Crippen LogP contribution in [0.4, 0.5) is 0 Å². The first-order valence-corrected chi connectivity index (χ1v) is 8.27. The molecule has 1 fully saturated rings. The molecule has 2 rings (SSSR count). The summed E-state index contributed by atoms with van der Waals surface area (Å²) in [4.78, 5) is 14.3. The van der Waals surface area contributed by atoms with Crippen LogP contribution in [0.5, 0.6) is 0 Å². The van der Waals surface area contributed by atoms with Crippen molar-refractivity contribution in [3.8, 4) is 0 Å². The lowest BCUT2D eigenvalue weighted by molar-refractivity contribution is 0.0816. The zero-order chi connectivity index (χ0) is 15.9. The number of amides is 1. The van der Waals surface area contributed by atoms with Gasteiger partial charge in [0.25, 0.3) is 5.91 Å². The van der Waals surface area contributed by atoms with Crippen molar-refractivity contribution in [3.63, 3.8) is 0 Å². The fraction of sp³-hybridized carbons (Fsp3) is 0.750. The summed E-state index contributed by atoms with van der Waals surface area (Å²) in [6.07, 6.45) is 3.42. The van der Waals surface area contributed by atoms with Gasteiger partial charge in [-0.3, -0.25) is 9.89 Å². The van der Waals surface area contributed by atoms with Crippen LogP contribution in [-0.2, 0) is 6.42 Å². The number of carbonyl (C=O) groups is 1. The Morgan fingerprint density at radius 1 is 1.50 bits per heavy atom. The Morgan fingerprint density at radius 2 is 2.23 bits per heavy atom. The summed E-state index contributed by atoms with van der Waals surface area (Å²) in [6, 6.07) is 1.83. The molecule has 1 saturated heterocycles. The quantitative estimate of drug-likeness (QED) is 0.661. The molecule has 124 valence electrons. The van der Waals surface area contributed by atoms with Gasteiger partial charge in [-0.15, -0.1) is 0 Å². The van der Waals surface area contributed by atoms with E-state index in [2.05, 4.69) is 34.3 Å². The van der Waals surface area contributed by atoms with E-state index < -0.39 is 0 Å². The van der Waals surface area contributed by atoms with Crippen molar-refractivity contribution in [2.75, 3.05) is 26.2 Å². The van der Waals surface area contributed by atoms with Crippen LogP contribution in [0.25, 0.3) is 0 Å². The predicted molar refractivity (Wildman–Crippen MR) is 85.8 cm³/mol. The lowest BCUT2D eigenvalue weighted by atomic mass is 10.1. The molecule has 0 bridgehead atoms. The normalized spacial score (nSPS) is 17.1. The van der Waals surface area contributed by atoms with Gasteiger partial charge in [-0.25, -0.2) is 0 Å². The Balaban J connectivity index is 1.64. The van der Waals surface area contributed by atoms with E-state index in [0.717, 1.165) is 51.0 Å². The van der Waals surface area contributed by atoms with Gasteiger partial charge >= 0.3 is 0 Å². The average Bonchev–Trinajstić information content (AvgIpc) is 2.93. The van der Waals surface area contributed by atoms with Crippen molar-refractivity contribution in [3.05, 3.63) is 17.5 Å². The van der Waals surface area contributed by atoms with Crippen LogP contribution in [0.3, 0.4) is 0 Å². The number of nitrogens with one attached hydrogen (secondary N) is 2. The van der Waals surface area contributed by atoms with Crippen LogP contribution in [0.2, 0.25) is 0 Å². The highest BCUT2D eigenvalue weighted by atomic mass is 16.3. The third-order valence-electron chi connectivity index (χ3n) is 3.99. The average molecular weight is 308 g/mol. The molecule has 0 saturated carbocycles. The number of nitrogens with zero attached hydrogens (tertiary/aromatic N) is 2. The number of rotatable bonds is 7. The minimum Gasteiger partial charge on any atom is -0.393 e. The van der Waals surface area contributed by atoms with Gasteiger partial charge in [0.1, 0.15) is 5.69 Å². The number of aromatic amines is 1. The van der Waals surface area contributed by atoms with Crippen molar-refractivity contribution in [1.82, 2.24) is 20.4 Å². The maximum absolute atomic E-state index is 12.0. The second-order valence-electron chi connectivity index (χ2n) is 6.56. The molecule has 1 aromatic rings. The smallest absolute Gasteiger partial charge is 0.271 e. The van der Waals surface area contributed by atoms with Crippen LogP contribution in [-0.4, -0.2) is 58.4 Å². The summed E-state index contributed by atoms with van der Waals surface area (Å²) in [5.74, 6) is 0.430. The Morgan fingerprint density at radius 3 is 2.91 bits per heavy atom. The monoisotopic (exact) mass is 308 g/mol. The number of piperidine rings is 1. The topological polar surface area (TPSA) is 81.2 Å². The van der Waals surface area contributed by atoms with Crippen LogP contribution < -0.4 is 5.32 Å². The summed E-state index contributed by atoms with van der Waals surface area (Å²) in [6.45, 7) is 7.80. The molecule has 3 N–H and O–H groups in total. The highest BCUT2D eigenvalue weighted by molar-refractivity contribution is 5.92. The van der Waals surface area contributed by atoms with Crippen molar-refractivity contribution in [2.45, 2.75) is 45.6 Å². The number of H-pyrrole nitrogens is 1. The lowest BCUT2D eigenvalue weighted by Crippen LogP contribution is -2.37. The zero-order valence-corrected chi connectivity index (χ0v) is 13.6. The number of aliphatic hydroxyl groups excluding tert-OH is 1. The molecule has 6 heteroatoms. The van der Waals surface area contributed by atoms with Crippen LogP contribution in [0.1, 0.15) is 49.3 Å². The van der Waals surface area contributed by atoms with Crippen molar-refractivity contribution in [2.24, 2.45) is 5.92 Å². The molecule has 1 aliphatic rings. The van der Waals surface area contributed by atoms with Crippen molar-refractivity contribution >= 4 is 5.91 Å². The molecule has 0 aliphatic carbocycles. The highest BCUT2D eigenvalue weighted by Crippen LogP contribution is 2.10. The van der Waals surface area contributed by atoms with E-state index in [1.807, 2.05) is 6.07 Å². The van der Waals surface area contributed by atoms with E-state index in [1.54, 1.807) is 0 Å². The van der Waals surface area contributed by atoms with Gasteiger partial charge in [-0.1, -0.05) is 13.8 Å². The van der Waals surface area contributed by atoms with Gasteiger partial charge in [0, 0.05) is 25.3 Å². The van der Waals surface area contributed by atoms with Crippen LogP contribution in [0, 0.1) is 5.92 Å². The fourth-order valence-electron chi connectivity index (χ4n) is 2.76. The second-order valence-corrected chi connectivity index (χ2v) is 6.56. The molecule has 1 amide bonds. The molecule has 0 radical (unpaired) electrons. The van der Waals surface area contributed by atoms with Gasteiger partial charge in [-0.2, -0.15) is 5.10 Å². The molecule has 22 heavy (non-hydrogen) atoms. The summed E-state index contributed by atoms with van der Waals surface area (Å²) in [7, 11) is 0. The number of aromatic nitrogens is 2. The first kappa shape index (κ1) is 17.0. The molecular weight excluding hydrogens is 280 g/mol. The molecule has 1 aliphatic heterocycles. The summed E-state index contributed by atoms with van der Waals surface area (Å²) in [5, 5.41) is 19.4. The largest absolute Gasteiger partial charge is 0.393 e.